The number of ether oxygens (including phenoxy) is 2. The van der Waals surface area contributed by atoms with E-state index >= 15 is 0 Å². The van der Waals surface area contributed by atoms with Crippen LogP contribution in [0.3, 0.4) is 0 Å². The number of nitrogens with two attached hydrogens (primary N) is 1. The van der Waals surface area contributed by atoms with Gasteiger partial charge in [-0.3, -0.25) is 19.6 Å². The minimum absolute atomic E-state index is 0. The lowest BCUT2D eigenvalue weighted by Gasteiger charge is -2.35. The van der Waals surface area contributed by atoms with E-state index in [1.807, 2.05) is 31.6 Å². The maximum atomic E-state index is 11.4. The Labute approximate surface area is 246 Å². The minimum Gasteiger partial charge on any atom is -0.469 e. The third-order valence-corrected chi connectivity index (χ3v) is 8.07. The summed E-state index contributed by atoms with van der Waals surface area (Å²) >= 11 is 0. The van der Waals surface area contributed by atoms with Crippen molar-refractivity contribution in [3.8, 4) is 0 Å². The first-order valence-electron chi connectivity index (χ1n) is 14.6. The van der Waals surface area contributed by atoms with Crippen LogP contribution in [0.2, 0.25) is 0 Å². The summed E-state index contributed by atoms with van der Waals surface area (Å²) in [6.07, 6.45) is 15.4. The highest BCUT2D eigenvalue weighted by Crippen LogP contribution is 2.28. The Kier molecular flexibility index (Phi) is 14.0. The van der Waals surface area contributed by atoms with Crippen LogP contribution in [0.15, 0.2) is 36.9 Å². The van der Waals surface area contributed by atoms with E-state index in [9.17, 15) is 9.59 Å². The molecule has 228 valence electrons. The molecule has 4 atom stereocenters. The number of piperidine rings is 2. The van der Waals surface area contributed by atoms with Crippen LogP contribution in [0.25, 0.3) is 0 Å². The number of pyridine rings is 2. The second-order valence-electron chi connectivity index (χ2n) is 11.1. The number of anilines is 2. The summed E-state index contributed by atoms with van der Waals surface area (Å²) in [7, 11) is 2.80. The van der Waals surface area contributed by atoms with Gasteiger partial charge in [0, 0.05) is 43.6 Å². The van der Waals surface area contributed by atoms with Crippen LogP contribution < -0.4 is 15.5 Å². The van der Waals surface area contributed by atoms with E-state index in [0.29, 0.717) is 18.5 Å². The summed E-state index contributed by atoms with van der Waals surface area (Å²) in [6, 6.07) is 4.94. The number of esters is 2. The molecule has 2 saturated heterocycles. The summed E-state index contributed by atoms with van der Waals surface area (Å²) in [5.41, 5.74) is 10.3. The summed E-state index contributed by atoms with van der Waals surface area (Å²) in [6.45, 7) is 8.69. The van der Waals surface area contributed by atoms with E-state index in [0.717, 1.165) is 29.9 Å². The van der Waals surface area contributed by atoms with Gasteiger partial charge in [0.05, 0.1) is 50.8 Å². The van der Waals surface area contributed by atoms with E-state index in [1.54, 1.807) is 6.20 Å². The molecule has 0 saturated carbocycles. The molecule has 2 fully saturated rings. The van der Waals surface area contributed by atoms with Crippen LogP contribution >= 0.6 is 0 Å². The first-order chi connectivity index (χ1) is 19.2. The fourth-order valence-electron chi connectivity index (χ4n) is 5.47. The second kappa shape index (κ2) is 16.9. The molecule has 4 rings (SSSR count). The smallest absolute Gasteiger partial charge is 0.307 e. The number of carbonyl (C=O) groups is 2. The maximum Gasteiger partial charge on any atom is 0.307 e. The molecule has 0 unspecified atom stereocenters. The van der Waals surface area contributed by atoms with Gasteiger partial charge in [-0.15, -0.1) is 0 Å². The van der Waals surface area contributed by atoms with Gasteiger partial charge >= 0.3 is 11.9 Å². The molecule has 2 aromatic heterocycles. The monoisotopic (exact) mass is 569 g/mol. The zero-order valence-corrected chi connectivity index (χ0v) is 24.8. The van der Waals surface area contributed by atoms with E-state index in [2.05, 4.69) is 44.4 Å². The number of nitrogens with zero attached hydrogens (tertiary/aromatic N) is 4. The van der Waals surface area contributed by atoms with Crippen molar-refractivity contribution in [2.24, 2.45) is 5.73 Å². The van der Waals surface area contributed by atoms with Crippen LogP contribution in [0.1, 0.15) is 103 Å². The van der Waals surface area contributed by atoms with Gasteiger partial charge in [0.25, 0.3) is 0 Å². The van der Waals surface area contributed by atoms with E-state index < -0.39 is 0 Å². The lowest BCUT2D eigenvalue weighted by Crippen LogP contribution is -2.37. The first kappa shape index (κ1) is 34.0. The highest BCUT2D eigenvalue weighted by atomic mass is 16.5. The van der Waals surface area contributed by atoms with E-state index in [1.165, 1.54) is 58.4 Å². The van der Waals surface area contributed by atoms with Gasteiger partial charge in [-0.25, -0.2) is 0 Å². The molecule has 2 aliphatic rings. The van der Waals surface area contributed by atoms with Crippen molar-refractivity contribution in [2.75, 3.05) is 37.1 Å². The number of hydrogen-bond acceptors (Lipinski definition) is 9. The Bertz CT molecular complexity index is 1010. The molecule has 2 N–H and O–H groups in total. The van der Waals surface area contributed by atoms with E-state index in [4.69, 9.17) is 10.5 Å². The fraction of sp³-hybridized carbons (Fsp3) is 0.625. The van der Waals surface area contributed by atoms with Crippen LogP contribution in [-0.4, -0.2) is 61.3 Å². The van der Waals surface area contributed by atoms with Crippen LogP contribution in [0.5, 0.6) is 0 Å². The van der Waals surface area contributed by atoms with Gasteiger partial charge in [-0.2, -0.15) is 0 Å². The van der Waals surface area contributed by atoms with E-state index in [-0.39, 0.29) is 37.7 Å². The van der Waals surface area contributed by atoms with Crippen molar-refractivity contribution in [1.29, 1.82) is 0 Å². The molecule has 0 amide bonds. The lowest BCUT2D eigenvalue weighted by atomic mass is 9.98. The van der Waals surface area contributed by atoms with Gasteiger partial charge in [-0.1, -0.05) is 14.4 Å². The largest absolute Gasteiger partial charge is 0.469 e. The molecule has 4 heterocycles. The highest BCUT2D eigenvalue weighted by Gasteiger charge is 2.21. The molecule has 0 bridgehead atoms. The number of aromatic nitrogens is 2. The molecular formula is C32H51N5O4. The van der Waals surface area contributed by atoms with Gasteiger partial charge < -0.3 is 25.0 Å². The Hall–Kier alpha value is -3.20. The van der Waals surface area contributed by atoms with Crippen LogP contribution in [0, 0.1) is 0 Å². The zero-order valence-electron chi connectivity index (χ0n) is 24.8. The van der Waals surface area contributed by atoms with Crippen LogP contribution in [-0.2, 0) is 19.1 Å². The third-order valence-electron chi connectivity index (χ3n) is 8.07. The molecule has 2 aromatic rings. The summed E-state index contributed by atoms with van der Waals surface area (Å²) < 4.78 is 9.39. The zero-order chi connectivity index (χ0) is 29.1. The Balaban J connectivity index is 0.000000280. The van der Waals surface area contributed by atoms with Crippen molar-refractivity contribution in [2.45, 2.75) is 104 Å². The van der Waals surface area contributed by atoms with Crippen molar-refractivity contribution < 1.29 is 19.1 Å². The molecule has 9 heteroatoms. The average Bonchev–Trinajstić information content (AvgIpc) is 2.98. The SMILES string of the molecule is C.COC(=O)C[C@H](C)c1cncc(N2CCCC[C@@H]2C)c1.COC(=O)C[C@H](N)c1cncc(N2CCCC[C@@H]2C)c1. The van der Waals surface area contributed by atoms with Gasteiger partial charge in [0.1, 0.15) is 0 Å². The molecule has 0 aliphatic carbocycles. The van der Waals surface area contributed by atoms with Gasteiger partial charge in [-0.05, 0) is 81.5 Å². The Morgan fingerprint density at radius 3 is 1.78 bits per heavy atom. The standard InChI is InChI=1S/C16H24N2O2.C15H23N3O2.CH4/c1-12(8-16(19)20-3)14-9-15(11-17-10-14)18-7-5-4-6-13(18)2;1-11-5-3-4-6-18(11)13-7-12(9-17-10-13)14(16)8-15(19)20-2;/h9-13H,4-8H2,1-3H3;7,9-11,14H,3-6,8,16H2,1-2H3;1H4/t12-,13-;11-,14-;/m00./s1. The number of methoxy groups -OCH3 is 2. The molecule has 2 aliphatic heterocycles. The number of rotatable bonds is 8. The molecule has 0 aromatic carbocycles. The van der Waals surface area contributed by atoms with Crippen molar-refractivity contribution >= 4 is 23.3 Å². The molecule has 0 radical (unpaired) electrons. The van der Waals surface area contributed by atoms with Crippen molar-refractivity contribution in [3.05, 3.63) is 48.0 Å². The summed E-state index contributed by atoms with van der Waals surface area (Å²) in [4.78, 5) is 36.1. The molecule has 0 spiro atoms. The lowest BCUT2D eigenvalue weighted by molar-refractivity contribution is -0.141. The second-order valence-corrected chi connectivity index (χ2v) is 11.1. The third kappa shape index (κ3) is 9.99. The summed E-state index contributed by atoms with van der Waals surface area (Å²) in [5.74, 6) is -0.335. The predicted octanol–water partition coefficient (Wildman–Crippen LogP) is 5.79. The minimum atomic E-state index is -0.366. The van der Waals surface area contributed by atoms with Crippen LogP contribution in [0.4, 0.5) is 11.4 Å². The molecular weight excluding hydrogens is 518 g/mol. The maximum absolute atomic E-state index is 11.4. The first-order valence-corrected chi connectivity index (χ1v) is 14.6. The van der Waals surface area contributed by atoms with Gasteiger partial charge in [0.2, 0.25) is 0 Å². The quantitative estimate of drug-likeness (QED) is 0.395. The predicted molar refractivity (Wildman–Crippen MR) is 165 cm³/mol. The molecule has 41 heavy (non-hydrogen) atoms. The topological polar surface area (TPSA) is 111 Å². The number of carbonyl (C=O) groups excluding carboxylic acids is 2. The summed E-state index contributed by atoms with van der Waals surface area (Å²) in [5, 5.41) is 0. The van der Waals surface area contributed by atoms with Gasteiger partial charge in [0.15, 0.2) is 0 Å². The molecule has 9 nitrogen and oxygen atoms in total. The average molecular weight is 570 g/mol. The number of hydrogen-bond donors (Lipinski definition) is 1. The van der Waals surface area contributed by atoms with Crippen molar-refractivity contribution in [3.63, 3.8) is 0 Å². The normalized spacial score (nSPS) is 20.0. The highest BCUT2D eigenvalue weighted by molar-refractivity contribution is 5.70. The fourth-order valence-corrected chi connectivity index (χ4v) is 5.47. The Morgan fingerprint density at radius 1 is 0.829 bits per heavy atom. The van der Waals surface area contributed by atoms with Crippen molar-refractivity contribution in [1.82, 2.24) is 9.97 Å². The Morgan fingerprint density at radius 2 is 1.29 bits per heavy atom.